The normalized spacial score (nSPS) is 17.3. The van der Waals surface area contributed by atoms with Crippen LogP contribution in [0, 0.1) is 6.92 Å². The highest BCUT2D eigenvalue weighted by atomic mass is 32.2. The molecule has 11 heteroatoms. The summed E-state index contributed by atoms with van der Waals surface area (Å²) in [5, 5.41) is 5.33. The molecule has 3 aromatic heterocycles. The number of nitrogen functional groups attached to an aromatic ring is 1. The number of hydrogen-bond donors (Lipinski definition) is 2. The van der Waals surface area contributed by atoms with E-state index in [9.17, 15) is 0 Å². The first-order chi connectivity index (χ1) is 16.2. The second kappa shape index (κ2) is 8.47. The van der Waals surface area contributed by atoms with Crippen molar-refractivity contribution in [2.75, 3.05) is 19.1 Å². The monoisotopic (exact) mass is 481 g/mol. The summed E-state index contributed by atoms with van der Waals surface area (Å²) in [5.41, 5.74) is 8.54. The van der Waals surface area contributed by atoms with Crippen molar-refractivity contribution in [2.45, 2.75) is 48.8 Å². The van der Waals surface area contributed by atoms with Crippen LogP contribution >= 0.6 is 23.1 Å². The molecule has 5 heterocycles. The Hall–Kier alpha value is -2.89. The number of benzene rings is 1. The number of fused-ring (bicyclic) bond motifs is 2. The van der Waals surface area contributed by atoms with Gasteiger partial charge in [0.2, 0.25) is 6.79 Å². The highest BCUT2D eigenvalue weighted by Crippen LogP contribution is 2.45. The molecule has 4 aromatic rings. The van der Waals surface area contributed by atoms with Crippen molar-refractivity contribution < 1.29 is 9.47 Å². The van der Waals surface area contributed by atoms with Gasteiger partial charge in [-0.25, -0.2) is 19.9 Å². The van der Waals surface area contributed by atoms with Crippen molar-refractivity contribution in [2.24, 2.45) is 0 Å². The average Bonchev–Trinajstić information content (AvgIpc) is 3.60. The Balaban J connectivity index is 1.42. The second-order valence-corrected chi connectivity index (χ2v) is 10.4. The number of ether oxygens (including phenoxy) is 2. The molecule has 1 aromatic carbocycles. The number of thiazole rings is 1. The number of nitrogens with zero attached hydrogens (tertiary/aromatic N) is 5. The molecule has 0 aliphatic carbocycles. The smallest absolute Gasteiger partial charge is 0.231 e. The van der Waals surface area contributed by atoms with Gasteiger partial charge in [-0.1, -0.05) is 11.8 Å². The lowest BCUT2D eigenvalue weighted by molar-refractivity contribution is 0.174. The van der Waals surface area contributed by atoms with Gasteiger partial charge in [-0.3, -0.25) is 0 Å². The van der Waals surface area contributed by atoms with E-state index in [1.807, 2.05) is 18.3 Å². The van der Waals surface area contributed by atoms with E-state index in [1.54, 1.807) is 23.1 Å². The number of hydrogen-bond acceptors (Lipinski definition) is 10. The van der Waals surface area contributed by atoms with Crippen LogP contribution in [0.2, 0.25) is 0 Å². The van der Waals surface area contributed by atoms with Crippen LogP contribution in [0.3, 0.4) is 0 Å². The average molecular weight is 482 g/mol. The predicted octanol–water partition coefficient (Wildman–Crippen LogP) is 3.86. The van der Waals surface area contributed by atoms with Gasteiger partial charge >= 0.3 is 0 Å². The second-order valence-electron chi connectivity index (χ2n) is 8.14. The van der Waals surface area contributed by atoms with Gasteiger partial charge in [0.1, 0.15) is 11.3 Å². The van der Waals surface area contributed by atoms with Gasteiger partial charge in [-0.05, 0) is 44.9 Å². The molecule has 1 unspecified atom stereocenters. The molecular weight excluding hydrogens is 458 g/mol. The van der Waals surface area contributed by atoms with Crippen LogP contribution in [0.25, 0.3) is 21.7 Å². The molecule has 6 rings (SSSR count). The van der Waals surface area contributed by atoms with E-state index in [1.165, 1.54) is 19.2 Å². The minimum absolute atomic E-state index is 0.221. The largest absolute Gasteiger partial charge is 0.454 e. The molecule has 33 heavy (non-hydrogen) atoms. The van der Waals surface area contributed by atoms with Crippen molar-refractivity contribution >= 4 is 40.1 Å². The number of aromatic nitrogens is 5. The number of rotatable bonds is 6. The molecule has 1 saturated heterocycles. The highest BCUT2D eigenvalue weighted by molar-refractivity contribution is 7.99. The first-order valence-electron chi connectivity index (χ1n) is 10.9. The Morgan fingerprint density at radius 2 is 2.12 bits per heavy atom. The molecule has 9 nitrogen and oxygen atoms in total. The SMILES string of the molecule is Cc1cnc(-c2cc3c(cc2Sc2nc4c(N)ncnc4n2CCC2CCCN2)OCO3)s1. The zero-order chi connectivity index (χ0) is 22.4. The number of nitrogens with two attached hydrogens (primary N) is 1. The fourth-order valence-electron chi connectivity index (χ4n) is 4.25. The van der Waals surface area contributed by atoms with E-state index < -0.39 is 0 Å². The molecule has 3 N–H and O–H groups in total. The fraction of sp³-hybridized carbons (Fsp3) is 0.364. The van der Waals surface area contributed by atoms with Crippen LogP contribution in [0.15, 0.2) is 34.7 Å². The molecule has 0 bridgehead atoms. The van der Waals surface area contributed by atoms with Gasteiger partial charge in [0.25, 0.3) is 0 Å². The van der Waals surface area contributed by atoms with Crippen molar-refractivity contribution in [3.8, 4) is 22.1 Å². The van der Waals surface area contributed by atoms with Gasteiger partial charge < -0.3 is 25.1 Å². The summed E-state index contributed by atoms with van der Waals surface area (Å²) in [5.74, 6) is 1.85. The number of aryl methyl sites for hydroxylation is 2. The molecular formula is C22H23N7O2S2. The van der Waals surface area contributed by atoms with Gasteiger partial charge in [-0.2, -0.15) is 0 Å². The number of imidazole rings is 1. The summed E-state index contributed by atoms with van der Waals surface area (Å²) >= 11 is 3.22. The van der Waals surface area contributed by atoms with Crippen LogP contribution < -0.4 is 20.5 Å². The third-order valence-electron chi connectivity index (χ3n) is 5.92. The first kappa shape index (κ1) is 20.7. The van der Waals surface area contributed by atoms with E-state index in [0.29, 0.717) is 17.4 Å². The molecule has 1 atom stereocenters. The van der Waals surface area contributed by atoms with E-state index in [4.69, 9.17) is 20.2 Å². The quantitative estimate of drug-likeness (QED) is 0.424. The maximum atomic E-state index is 6.15. The minimum atomic E-state index is 0.221. The zero-order valence-corrected chi connectivity index (χ0v) is 19.7. The van der Waals surface area contributed by atoms with Crippen LogP contribution in [0.1, 0.15) is 24.1 Å². The van der Waals surface area contributed by atoms with E-state index in [-0.39, 0.29) is 6.79 Å². The molecule has 0 radical (unpaired) electrons. The summed E-state index contributed by atoms with van der Waals surface area (Å²) in [7, 11) is 0. The summed E-state index contributed by atoms with van der Waals surface area (Å²) in [4.78, 5) is 20.3. The lowest BCUT2D eigenvalue weighted by atomic mass is 10.1. The topological polar surface area (TPSA) is 113 Å². The standard InChI is InChI=1S/C22H23N7O2S2/c1-12-9-25-21(32-12)14-7-15-16(31-11-30-15)8-17(14)33-22-28-18-19(23)26-10-27-20(18)29(22)6-4-13-3-2-5-24-13/h7-10,13,24H,2-6,11H2,1H3,(H2,23,26,27). The molecule has 0 amide bonds. The maximum Gasteiger partial charge on any atom is 0.231 e. The van der Waals surface area contributed by atoms with Crippen molar-refractivity contribution in [1.29, 1.82) is 0 Å². The Labute approximate surface area is 198 Å². The van der Waals surface area contributed by atoms with E-state index in [2.05, 4.69) is 31.8 Å². The molecule has 1 fully saturated rings. The van der Waals surface area contributed by atoms with Crippen LogP contribution in [0.4, 0.5) is 5.82 Å². The van der Waals surface area contributed by atoms with Crippen molar-refractivity contribution in [3.05, 3.63) is 29.5 Å². The van der Waals surface area contributed by atoms with Gasteiger partial charge in [-0.15, -0.1) is 11.3 Å². The Morgan fingerprint density at radius 1 is 1.24 bits per heavy atom. The highest BCUT2D eigenvalue weighted by Gasteiger charge is 2.24. The van der Waals surface area contributed by atoms with Gasteiger partial charge in [0.05, 0.1) is 0 Å². The van der Waals surface area contributed by atoms with Crippen LogP contribution in [0.5, 0.6) is 11.5 Å². The Morgan fingerprint density at radius 3 is 2.91 bits per heavy atom. The van der Waals surface area contributed by atoms with Gasteiger partial charge in [0.15, 0.2) is 33.6 Å². The molecule has 0 spiro atoms. The van der Waals surface area contributed by atoms with E-state index in [0.717, 1.165) is 62.2 Å². The predicted molar refractivity (Wildman–Crippen MR) is 128 cm³/mol. The third-order valence-corrected chi connectivity index (χ3v) is 7.91. The fourth-order valence-corrected chi connectivity index (χ4v) is 6.17. The summed E-state index contributed by atoms with van der Waals surface area (Å²) in [6, 6.07) is 4.53. The molecule has 2 aliphatic heterocycles. The van der Waals surface area contributed by atoms with E-state index >= 15 is 0 Å². The minimum Gasteiger partial charge on any atom is -0.454 e. The lowest BCUT2D eigenvalue weighted by Gasteiger charge is -2.14. The molecule has 0 saturated carbocycles. The molecule has 170 valence electrons. The van der Waals surface area contributed by atoms with Crippen LogP contribution in [-0.4, -0.2) is 43.9 Å². The third kappa shape index (κ3) is 3.90. The van der Waals surface area contributed by atoms with Gasteiger partial charge in [0, 0.05) is 34.1 Å². The lowest BCUT2D eigenvalue weighted by Crippen LogP contribution is -2.23. The summed E-state index contributed by atoms with van der Waals surface area (Å²) < 4.78 is 13.5. The Bertz CT molecular complexity index is 1330. The zero-order valence-electron chi connectivity index (χ0n) is 18.1. The number of anilines is 1. The Kier molecular flexibility index (Phi) is 5.31. The van der Waals surface area contributed by atoms with Crippen molar-refractivity contribution in [1.82, 2.24) is 29.8 Å². The summed E-state index contributed by atoms with van der Waals surface area (Å²) in [6.07, 6.45) is 6.81. The maximum absolute atomic E-state index is 6.15. The van der Waals surface area contributed by atoms with Crippen molar-refractivity contribution in [3.63, 3.8) is 0 Å². The number of nitrogens with one attached hydrogen (secondary N) is 1. The summed E-state index contributed by atoms with van der Waals surface area (Å²) in [6.45, 7) is 4.15. The molecule has 2 aliphatic rings. The van der Waals surface area contributed by atoms with Crippen LogP contribution in [-0.2, 0) is 6.54 Å². The first-order valence-corrected chi connectivity index (χ1v) is 12.5.